The summed E-state index contributed by atoms with van der Waals surface area (Å²) in [6.07, 6.45) is 1.68. The molecule has 1 amide bonds. The molecule has 0 bridgehead atoms. The summed E-state index contributed by atoms with van der Waals surface area (Å²) in [5.74, 6) is 0.644. The number of aryl methyl sites for hydroxylation is 2. The van der Waals surface area contributed by atoms with E-state index in [0.29, 0.717) is 5.82 Å². The lowest BCUT2D eigenvalue weighted by atomic mass is 10.2. The molecule has 0 aromatic carbocycles. The molecule has 0 unspecified atom stereocenters. The molecule has 1 aliphatic rings. The number of rotatable bonds is 2. The van der Waals surface area contributed by atoms with Gasteiger partial charge < -0.3 is 4.74 Å². The van der Waals surface area contributed by atoms with Crippen LogP contribution in [0.15, 0.2) is 6.07 Å². The molecule has 2 rings (SSSR count). The summed E-state index contributed by atoms with van der Waals surface area (Å²) in [5, 5.41) is 4.29. The Labute approximate surface area is 100 Å². The Morgan fingerprint density at radius 1 is 1.53 bits per heavy atom. The van der Waals surface area contributed by atoms with Crippen LogP contribution in [0, 0.1) is 0 Å². The fraction of sp³-hybridized carbons (Fsp3) is 0.636. The summed E-state index contributed by atoms with van der Waals surface area (Å²) in [4.78, 5) is 11.4. The molecule has 1 aromatic rings. The predicted octanol–water partition coefficient (Wildman–Crippen LogP) is 1.68. The minimum absolute atomic E-state index is 0.498. The van der Waals surface area contributed by atoms with Gasteiger partial charge in [-0.05, 0) is 33.6 Å². The van der Waals surface area contributed by atoms with Crippen molar-refractivity contribution in [3.8, 4) is 0 Å². The van der Waals surface area contributed by atoms with Crippen LogP contribution < -0.4 is 10.9 Å². The van der Waals surface area contributed by atoms with E-state index in [-0.39, 0.29) is 0 Å². The zero-order valence-electron chi connectivity index (χ0n) is 10.4. The maximum absolute atomic E-state index is 11.4. The van der Waals surface area contributed by atoms with E-state index in [9.17, 15) is 4.79 Å². The Bertz CT molecular complexity index is 398. The van der Waals surface area contributed by atoms with Gasteiger partial charge in [0.05, 0.1) is 0 Å². The third kappa shape index (κ3) is 3.12. The highest BCUT2D eigenvalue weighted by atomic mass is 16.6. The first-order valence-corrected chi connectivity index (χ1v) is 5.76. The molecule has 0 spiro atoms. The van der Waals surface area contributed by atoms with Gasteiger partial charge in [-0.3, -0.25) is 10.1 Å². The van der Waals surface area contributed by atoms with Crippen LogP contribution >= 0.6 is 0 Å². The van der Waals surface area contributed by atoms with Gasteiger partial charge in [0.25, 0.3) is 0 Å². The normalized spacial score (nSPS) is 14.3. The predicted molar refractivity (Wildman–Crippen MR) is 63.5 cm³/mol. The summed E-state index contributed by atoms with van der Waals surface area (Å²) in [5.41, 5.74) is 5.89. The minimum atomic E-state index is -0.509. The Balaban J connectivity index is 1.83. The molecule has 6 heteroatoms. The maximum atomic E-state index is 11.4. The Morgan fingerprint density at radius 2 is 2.29 bits per heavy atom. The van der Waals surface area contributed by atoms with Crippen molar-refractivity contribution >= 4 is 11.9 Å². The average Bonchev–Trinajstić information content (AvgIpc) is 2.70. The maximum Gasteiger partial charge on any atom is 0.426 e. The minimum Gasteiger partial charge on any atom is -0.443 e. The average molecular weight is 238 g/mol. The first-order chi connectivity index (χ1) is 7.94. The van der Waals surface area contributed by atoms with Gasteiger partial charge in [0, 0.05) is 18.3 Å². The number of hydrogen-bond donors (Lipinski definition) is 2. The topological polar surface area (TPSA) is 68.2 Å². The van der Waals surface area contributed by atoms with Crippen LogP contribution in [0.1, 0.15) is 32.9 Å². The number of aromatic nitrogens is 2. The smallest absolute Gasteiger partial charge is 0.426 e. The number of nitrogens with one attached hydrogen (secondary N) is 2. The summed E-state index contributed by atoms with van der Waals surface area (Å²) in [7, 11) is 0. The zero-order valence-corrected chi connectivity index (χ0v) is 10.4. The van der Waals surface area contributed by atoms with Crippen LogP contribution in [0.5, 0.6) is 0 Å². The van der Waals surface area contributed by atoms with Crippen molar-refractivity contribution < 1.29 is 9.53 Å². The SMILES string of the molecule is CC(C)(C)OC(=O)NNc1cc2n(n1)CCC2. The van der Waals surface area contributed by atoms with Gasteiger partial charge >= 0.3 is 6.09 Å². The highest BCUT2D eigenvalue weighted by molar-refractivity contribution is 5.69. The van der Waals surface area contributed by atoms with Crippen molar-refractivity contribution in [3.63, 3.8) is 0 Å². The molecule has 0 aliphatic carbocycles. The molecule has 2 N–H and O–H groups in total. The lowest BCUT2D eigenvalue weighted by molar-refractivity contribution is 0.0541. The van der Waals surface area contributed by atoms with Crippen LogP contribution in [0.25, 0.3) is 0 Å². The first-order valence-electron chi connectivity index (χ1n) is 5.76. The molecule has 2 heterocycles. The number of ether oxygens (including phenoxy) is 1. The third-order valence-electron chi connectivity index (χ3n) is 2.36. The van der Waals surface area contributed by atoms with E-state index in [1.807, 2.05) is 31.5 Å². The molecular weight excluding hydrogens is 220 g/mol. The molecule has 0 saturated heterocycles. The molecule has 17 heavy (non-hydrogen) atoms. The molecule has 0 fully saturated rings. The van der Waals surface area contributed by atoms with Gasteiger partial charge in [0.1, 0.15) is 5.60 Å². The van der Waals surface area contributed by atoms with Gasteiger partial charge in [0.15, 0.2) is 5.82 Å². The molecule has 1 aliphatic heterocycles. The second-order valence-corrected chi connectivity index (χ2v) is 5.10. The first kappa shape index (κ1) is 11.8. The van der Waals surface area contributed by atoms with E-state index < -0.39 is 11.7 Å². The Hall–Kier alpha value is -1.72. The second kappa shape index (κ2) is 4.27. The van der Waals surface area contributed by atoms with Gasteiger partial charge in [-0.15, -0.1) is 0 Å². The molecule has 1 aromatic heterocycles. The molecule has 0 saturated carbocycles. The van der Waals surface area contributed by atoms with Crippen LogP contribution in [0.4, 0.5) is 10.6 Å². The summed E-state index contributed by atoms with van der Waals surface area (Å²) in [6.45, 7) is 6.40. The lowest BCUT2D eigenvalue weighted by Gasteiger charge is -2.19. The van der Waals surface area contributed by atoms with Crippen molar-refractivity contribution in [2.45, 2.75) is 45.8 Å². The van der Waals surface area contributed by atoms with Crippen molar-refractivity contribution in [1.29, 1.82) is 0 Å². The monoisotopic (exact) mass is 238 g/mol. The number of nitrogens with zero attached hydrogens (tertiary/aromatic N) is 2. The molecule has 0 radical (unpaired) electrons. The number of anilines is 1. The number of carbonyl (C=O) groups excluding carboxylic acids is 1. The van der Waals surface area contributed by atoms with Crippen LogP contribution in [-0.4, -0.2) is 21.5 Å². The lowest BCUT2D eigenvalue weighted by Crippen LogP contribution is -2.35. The van der Waals surface area contributed by atoms with E-state index in [4.69, 9.17) is 4.74 Å². The van der Waals surface area contributed by atoms with E-state index in [0.717, 1.165) is 19.4 Å². The van der Waals surface area contributed by atoms with Crippen LogP contribution in [-0.2, 0) is 17.7 Å². The van der Waals surface area contributed by atoms with Crippen molar-refractivity contribution in [3.05, 3.63) is 11.8 Å². The molecule has 94 valence electrons. The fourth-order valence-electron chi connectivity index (χ4n) is 1.74. The number of fused-ring (bicyclic) bond motifs is 1. The van der Waals surface area contributed by atoms with Crippen molar-refractivity contribution in [2.75, 3.05) is 5.43 Å². The molecule has 0 atom stereocenters. The quantitative estimate of drug-likeness (QED) is 0.769. The summed E-state index contributed by atoms with van der Waals surface area (Å²) < 4.78 is 7.03. The van der Waals surface area contributed by atoms with Gasteiger partial charge in [-0.2, -0.15) is 5.10 Å². The van der Waals surface area contributed by atoms with Crippen LogP contribution in [0.3, 0.4) is 0 Å². The zero-order chi connectivity index (χ0) is 12.5. The van der Waals surface area contributed by atoms with Gasteiger partial charge in [0.2, 0.25) is 0 Å². The third-order valence-corrected chi connectivity index (χ3v) is 2.36. The van der Waals surface area contributed by atoms with E-state index in [2.05, 4.69) is 16.0 Å². The molecule has 6 nitrogen and oxygen atoms in total. The number of hydrogen-bond acceptors (Lipinski definition) is 4. The number of hydrazine groups is 1. The van der Waals surface area contributed by atoms with E-state index in [1.165, 1.54) is 5.69 Å². The van der Waals surface area contributed by atoms with E-state index >= 15 is 0 Å². The second-order valence-electron chi connectivity index (χ2n) is 5.10. The van der Waals surface area contributed by atoms with E-state index in [1.54, 1.807) is 0 Å². The standard InChI is InChI=1S/C11H18N4O2/c1-11(2,3)17-10(16)13-12-9-7-8-5-4-6-15(8)14-9/h7H,4-6H2,1-3H3,(H,12,14)(H,13,16). The number of carbonyl (C=O) groups is 1. The Kier molecular flexibility index (Phi) is 2.95. The highest BCUT2D eigenvalue weighted by Crippen LogP contribution is 2.17. The van der Waals surface area contributed by atoms with Crippen molar-refractivity contribution in [1.82, 2.24) is 15.2 Å². The summed E-state index contributed by atoms with van der Waals surface area (Å²) in [6, 6.07) is 1.93. The Morgan fingerprint density at radius 3 is 2.94 bits per heavy atom. The highest BCUT2D eigenvalue weighted by Gasteiger charge is 2.17. The van der Waals surface area contributed by atoms with Gasteiger partial charge in [-0.1, -0.05) is 0 Å². The van der Waals surface area contributed by atoms with Crippen molar-refractivity contribution in [2.24, 2.45) is 0 Å². The van der Waals surface area contributed by atoms with Gasteiger partial charge in [-0.25, -0.2) is 10.2 Å². The number of amides is 1. The van der Waals surface area contributed by atoms with Crippen LogP contribution in [0.2, 0.25) is 0 Å². The fourth-order valence-corrected chi connectivity index (χ4v) is 1.74. The molecular formula is C11H18N4O2. The summed E-state index contributed by atoms with van der Waals surface area (Å²) >= 11 is 0. The largest absolute Gasteiger partial charge is 0.443 e.